The van der Waals surface area contributed by atoms with Crippen molar-refractivity contribution in [2.45, 2.75) is 70.3 Å². The zero-order chi connectivity index (χ0) is 15.5. The van der Waals surface area contributed by atoms with Crippen molar-refractivity contribution in [1.82, 2.24) is 10.3 Å². The Kier molecular flexibility index (Phi) is 5.14. The van der Waals surface area contributed by atoms with E-state index in [9.17, 15) is 4.79 Å². The van der Waals surface area contributed by atoms with Crippen molar-refractivity contribution in [1.29, 1.82) is 0 Å². The lowest BCUT2D eigenvalue weighted by molar-refractivity contribution is 0.0911. The van der Waals surface area contributed by atoms with Crippen LogP contribution in [0.15, 0.2) is 0 Å². The highest BCUT2D eigenvalue weighted by Gasteiger charge is 2.28. The summed E-state index contributed by atoms with van der Waals surface area (Å²) in [7, 11) is 0. The Balaban J connectivity index is 1.69. The lowest BCUT2D eigenvalue weighted by atomic mass is 9.84. The molecule has 1 aromatic heterocycles. The van der Waals surface area contributed by atoms with E-state index in [1.54, 1.807) is 11.3 Å². The molecule has 2 fully saturated rings. The lowest BCUT2D eigenvalue weighted by Crippen LogP contribution is -2.44. The molecule has 0 aromatic carbocycles. The van der Waals surface area contributed by atoms with Crippen LogP contribution in [-0.2, 0) is 0 Å². The number of nitrogens with zero attached hydrogens (tertiary/aromatic N) is 1. The Morgan fingerprint density at radius 2 is 1.91 bits per heavy atom. The summed E-state index contributed by atoms with van der Waals surface area (Å²) in [6.07, 6.45) is 9.67. The van der Waals surface area contributed by atoms with E-state index in [0.29, 0.717) is 18.4 Å². The summed E-state index contributed by atoms with van der Waals surface area (Å²) in [6.45, 7) is 2.63. The van der Waals surface area contributed by atoms with Gasteiger partial charge < -0.3 is 11.1 Å². The number of carbonyl (C=O) groups is 1. The van der Waals surface area contributed by atoms with Gasteiger partial charge in [0.25, 0.3) is 5.91 Å². The predicted molar refractivity (Wildman–Crippen MR) is 90.3 cm³/mol. The van der Waals surface area contributed by atoms with Gasteiger partial charge in [-0.05, 0) is 45.1 Å². The molecule has 0 aliphatic heterocycles. The summed E-state index contributed by atoms with van der Waals surface area (Å²) in [5.74, 6) is 1.07. The lowest BCUT2D eigenvalue weighted by Gasteiger charge is -2.31. The molecular weight excluding hydrogens is 294 g/mol. The first-order valence-electron chi connectivity index (χ1n) is 8.67. The maximum atomic E-state index is 12.6. The summed E-state index contributed by atoms with van der Waals surface area (Å²) in [4.78, 5) is 18.1. The van der Waals surface area contributed by atoms with Gasteiger partial charge in [-0.25, -0.2) is 4.98 Å². The zero-order valence-electron chi connectivity index (χ0n) is 13.4. The molecule has 22 heavy (non-hydrogen) atoms. The molecule has 0 bridgehead atoms. The average Bonchev–Trinajstić information content (AvgIpc) is 3.17. The molecule has 1 aromatic rings. The van der Waals surface area contributed by atoms with Gasteiger partial charge in [0.15, 0.2) is 0 Å². The first-order chi connectivity index (χ1) is 10.7. The molecule has 0 radical (unpaired) electrons. The molecule has 2 aliphatic carbocycles. The third kappa shape index (κ3) is 3.35. The minimum atomic E-state index is 0.0598. The monoisotopic (exact) mass is 321 g/mol. The molecule has 122 valence electrons. The van der Waals surface area contributed by atoms with Crippen molar-refractivity contribution in [3.8, 4) is 0 Å². The van der Waals surface area contributed by atoms with Gasteiger partial charge in [-0.3, -0.25) is 4.79 Å². The van der Waals surface area contributed by atoms with E-state index in [-0.39, 0.29) is 11.9 Å². The van der Waals surface area contributed by atoms with Crippen LogP contribution in [0, 0.1) is 12.8 Å². The topological polar surface area (TPSA) is 68.0 Å². The van der Waals surface area contributed by atoms with Crippen molar-refractivity contribution in [3.63, 3.8) is 0 Å². The van der Waals surface area contributed by atoms with Crippen LogP contribution in [0.5, 0.6) is 0 Å². The van der Waals surface area contributed by atoms with Gasteiger partial charge in [0.05, 0.1) is 10.7 Å². The Labute approximate surface area is 136 Å². The van der Waals surface area contributed by atoms with Crippen LogP contribution in [0.3, 0.4) is 0 Å². The minimum absolute atomic E-state index is 0.0598. The summed E-state index contributed by atoms with van der Waals surface area (Å²) >= 11 is 1.61. The van der Waals surface area contributed by atoms with Gasteiger partial charge in [-0.1, -0.05) is 25.7 Å². The van der Waals surface area contributed by atoms with Crippen molar-refractivity contribution in [2.24, 2.45) is 11.7 Å². The molecule has 2 unspecified atom stereocenters. The molecule has 2 saturated carbocycles. The number of hydrogen-bond acceptors (Lipinski definition) is 4. The molecule has 4 nitrogen and oxygen atoms in total. The molecule has 2 atom stereocenters. The molecule has 5 heteroatoms. The normalized spacial score (nSPS) is 26.3. The number of aryl methyl sites for hydroxylation is 1. The van der Waals surface area contributed by atoms with E-state index in [0.717, 1.165) is 23.4 Å². The van der Waals surface area contributed by atoms with Gasteiger partial charge in [0.1, 0.15) is 4.88 Å². The van der Waals surface area contributed by atoms with Crippen LogP contribution in [0.4, 0.5) is 0 Å². The van der Waals surface area contributed by atoms with Crippen LogP contribution < -0.4 is 11.1 Å². The molecular formula is C17H27N3OS. The fourth-order valence-electron chi connectivity index (χ4n) is 3.89. The molecule has 0 spiro atoms. The molecule has 3 N–H and O–H groups in total. The van der Waals surface area contributed by atoms with Crippen molar-refractivity contribution in [3.05, 3.63) is 15.6 Å². The van der Waals surface area contributed by atoms with Crippen LogP contribution in [0.25, 0.3) is 0 Å². The SMILES string of the molecule is Cc1nc(C2CCCC2)sc1C(=O)NC1CCCCC1CN. The second kappa shape index (κ2) is 7.09. The van der Waals surface area contributed by atoms with Crippen LogP contribution in [0.1, 0.15) is 77.7 Å². The van der Waals surface area contributed by atoms with Gasteiger partial charge in [0, 0.05) is 12.0 Å². The third-order valence-corrected chi connectivity index (χ3v) is 6.57. The molecule has 2 aliphatic rings. The average molecular weight is 321 g/mol. The van der Waals surface area contributed by atoms with E-state index in [1.807, 2.05) is 6.92 Å². The van der Waals surface area contributed by atoms with Crippen molar-refractivity contribution < 1.29 is 4.79 Å². The van der Waals surface area contributed by atoms with Gasteiger partial charge in [-0.15, -0.1) is 11.3 Å². The maximum Gasteiger partial charge on any atom is 0.263 e. The molecule has 0 saturated heterocycles. The summed E-state index contributed by atoms with van der Waals surface area (Å²) in [6, 6.07) is 0.239. The number of rotatable bonds is 4. The minimum Gasteiger partial charge on any atom is -0.348 e. The first-order valence-corrected chi connectivity index (χ1v) is 9.49. The smallest absolute Gasteiger partial charge is 0.263 e. The maximum absolute atomic E-state index is 12.6. The highest BCUT2D eigenvalue weighted by molar-refractivity contribution is 7.13. The Bertz CT molecular complexity index is 522. The fraction of sp³-hybridized carbons (Fsp3) is 0.765. The number of carbonyl (C=O) groups excluding carboxylic acids is 1. The largest absolute Gasteiger partial charge is 0.348 e. The standard InChI is InChI=1S/C17H27N3OS/c1-11-15(22-17(19-11)12-6-2-3-7-12)16(21)20-14-9-5-4-8-13(14)10-18/h12-14H,2-10,18H2,1H3,(H,20,21). The highest BCUT2D eigenvalue weighted by atomic mass is 32.1. The highest BCUT2D eigenvalue weighted by Crippen LogP contribution is 2.37. The molecule has 1 amide bonds. The summed E-state index contributed by atoms with van der Waals surface area (Å²) < 4.78 is 0. The Morgan fingerprint density at radius 1 is 1.23 bits per heavy atom. The number of thiazole rings is 1. The molecule has 3 rings (SSSR count). The van der Waals surface area contributed by atoms with Crippen LogP contribution in [-0.4, -0.2) is 23.5 Å². The Morgan fingerprint density at radius 3 is 2.64 bits per heavy atom. The summed E-state index contributed by atoms with van der Waals surface area (Å²) in [5, 5.41) is 4.40. The van der Waals surface area contributed by atoms with Gasteiger partial charge in [0.2, 0.25) is 0 Å². The second-order valence-corrected chi connectivity index (χ2v) is 7.84. The van der Waals surface area contributed by atoms with Crippen molar-refractivity contribution in [2.75, 3.05) is 6.54 Å². The number of hydrogen-bond donors (Lipinski definition) is 2. The fourth-order valence-corrected chi connectivity index (χ4v) is 5.03. The second-order valence-electron chi connectivity index (χ2n) is 6.81. The number of nitrogens with one attached hydrogen (secondary N) is 1. The number of aromatic nitrogens is 1. The van der Waals surface area contributed by atoms with Gasteiger partial charge in [-0.2, -0.15) is 0 Å². The van der Waals surface area contributed by atoms with Crippen LogP contribution >= 0.6 is 11.3 Å². The van der Waals surface area contributed by atoms with Crippen LogP contribution in [0.2, 0.25) is 0 Å². The predicted octanol–water partition coefficient (Wildman–Crippen LogP) is 3.36. The molecule has 1 heterocycles. The third-order valence-electron chi connectivity index (χ3n) is 5.25. The first kappa shape index (κ1) is 15.9. The van der Waals surface area contributed by atoms with E-state index < -0.39 is 0 Å². The zero-order valence-corrected chi connectivity index (χ0v) is 14.3. The quantitative estimate of drug-likeness (QED) is 0.893. The van der Waals surface area contributed by atoms with E-state index in [1.165, 1.54) is 43.5 Å². The van der Waals surface area contributed by atoms with E-state index in [2.05, 4.69) is 10.3 Å². The van der Waals surface area contributed by atoms with Crippen molar-refractivity contribution >= 4 is 17.2 Å². The number of amides is 1. The summed E-state index contributed by atoms with van der Waals surface area (Å²) in [5.41, 5.74) is 6.76. The number of nitrogens with two attached hydrogens (primary N) is 1. The van der Waals surface area contributed by atoms with E-state index >= 15 is 0 Å². The Hall–Kier alpha value is -0.940. The van der Waals surface area contributed by atoms with E-state index in [4.69, 9.17) is 5.73 Å². The van der Waals surface area contributed by atoms with Gasteiger partial charge >= 0.3 is 0 Å².